The van der Waals surface area contributed by atoms with Crippen molar-refractivity contribution in [1.29, 1.82) is 0 Å². The summed E-state index contributed by atoms with van der Waals surface area (Å²) in [4.78, 5) is 14.8. The average molecular weight is 303 g/mol. The van der Waals surface area contributed by atoms with E-state index in [1.165, 1.54) is 5.56 Å². The molecule has 0 fully saturated rings. The summed E-state index contributed by atoms with van der Waals surface area (Å²) < 4.78 is 1.78. The van der Waals surface area contributed by atoms with E-state index in [1.807, 2.05) is 59.6 Å². The molecular formula is C19H17N3O. The van der Waals surface area contributed by atoms with Crippen LogP contribution in [0.15, 0.2) is 67.0 Å². The fourth-order valence-corrected chi connectivity index (χ4v) is 3.08. The molecule has 0 N–H and O–H groups in total. The van der Waals surface area contributed by atoms with E-state index in [2.05, 4.69) is 11.2 Å². The van der Waals surface area contributed by atoms with Gasteiger partial charge in [0.2, 0.25) is 0 Å². The highest BCUT2D eigenvalue weighted by Crippen LogP contribution is 2.28. The minimum Gasteiger partial charge on any atom is -0.308 e. The maximum Gasteiger partial charge on any atom is 0.258 e. The second-order valence-corrected chi connectivity index (χ2v) is 5.69. The van der Waals surface area contributed by atoms with Crippen LogP contribution in [0.25, 0.3) is 5.69 Å². The van der Waals surface area contributed by atoms with Crippen LogP contribution in [0.5, 0.6) is 0 Å². The fraction of sp³-hybridized carbons (Fsp3) is 0.158. The Morgan fingerprint density at radius 3 is 2.61 bits per heavy atom. The van der Waals surface area contributed by atoms with E-state index < -0.39 is 0 Å². The average Bonchev–Trinajstić information content (AvgIpc) is 3.15. The molecule has 0 saturated heterocycles. The predicted octanol–water partition coefficient (Wildman–Crippen LogP) is 3.47. The Bertz CT molecular complexity index is 822. The third-order valence-electron chi connectivity index (χ3n) is 4.24. The van der Waals surface area contributed by atoms with Gasteiger partial charge in [-0.1, -0.05) is 18.2 Å². The Kier molecular flexibility index (Phi) is 3.42. The number of rotatable bonds is 2. The summed E-state index contributed by atoms with van der Waals surface area (Å²) >= 11 is 0. The molecule has 1 aliphatic rings. The number of hydrogen-bond acceptors (Lipinski definition) is 2. The summed E-state index contributed by atoms with van der Waals surface area (Å²) in [5, 5.41) is 4.20. The smallest absolute Gasteiger partial charge is 0.258 e. The quantitative estimate of drug-likeness (QED) is 0.727. The van der Waals surface area contributed by atoms with E-state index in [9.17, 15) is 4.79 Å². The maximum absolute atomic E-state index is 12.9. The lowest BCUT2D eigenvalue weighted by Crippen LogP contribution is -2.35. The van der Waals surface area contributed by atoms with Crippen LogP contribution in [-0.2, 0) is 6.42 Å². The number of para-hydroxylation sites is 1. The van der Waals surface area contributed by atoms with Gasteiger partial charge in [-0.3, -0.25) is 4.79 Å². The molecular weight excluding hydrogens is 286 g/mol. The zero-order valence-corrected chi connectivity index (χ0v) is 12.7. The van der Waals surface area contributed by atoms with Crippen LogP contribution in [0.3, 0.4) is 0 Å². The van der Waals surface area contributed by atoms with Crippen LogP contribution in [0.1, 0.15) is 22.3 Å². The lowest BCUT2D eigenvalue weighted by Gasteiger charge is -2.29. The molecule has 0 saturated carbocycles. The van der Waals surface area contributed by atoms with E-state index >= 15 is 0 Å². The topological polar surface area (TPSA) is 38.1 Å². The first kappa shape index (κ1) is 13.8. The van der Waals surface area contributed by atoms with Gasteiger partial charge in [-0.15, -0.1) is 0 Å². The molecule has 0 atom stereocenters. The highest BCUT2D eigenvalue weighted by Gasteiger charge is 2.23. The van der Waals surface area contributed by atoms with Crippen LogP contribution in [0, 0.1) is 0 Å². The van der Waals surface area contributed by atoms with E-state index in [-0.39, 0.29) is 5.91 Å². The Balaban J connectivity index is 1.63. The Hall–Kier alpha value is -2.88. The molecule has 3 aromatic rings. The number of aryl methyl sites for hydroxylation is 1. The maximum atomic E-state index is 12.9. The van der Waals surface area contributed by atoms with E-state index in [0.717, 1.165) is 30.8 Å². The van der Waals surface area contributed by atoms with Crippen LogP contribution in [0.2, 0.25) is 0 Å². The molecule has 1 aromatic heterocycles. The summed E-state index contributed by atoms with van der Waals surface area (Å²) in [5.74, 6) is 0.0594. The van der Waals surface area contributed by atoms with E-state index in [4.69, 9.17) is 0 Å². The summed E-state index contributed by atoms with van der Waals surface area (Å²) in [6.45, 7) is 0.775. The number of nitrogens with zero attached hydrogens (tertiary/aromatic N) is 3. The van der Waals surface area contributed by atoms with Crippen molar-refractivity contribution >= 4 is 11.6 Å². The molecule has 2 aromatic carbocycles. The predicted molar refractivity (Wildman–Crippen MR) is 90.0 cm³/mol. The first-order valence-corrected chi connectivity index (χ1v) is 7.83. The lowest BCUT2D eigenvalue weighted by atomic mass is 10.0. The standard InChI is InChI=1S/C19H17N3O/c23-19(21-13-3-6-15-5-1-2-7-18(15)21)16-8-10-17(11-9-16)22-14-4-12-20-22/h1-2,4-5,7-12,14H,3,6,13H2. The Morgan fingerprint density at radius 1 is 1.00 bits per heavy atom. The fourth-order valence-electron chi connectivity index (χ4n) is 3.08. The number of fused-ring (bicyclic) bond motifs is 1. The number of carbonyl (C=O) groups excluding carboxylic acids is 1. The zero-order valence-electron chi connectivity index (χ0n) is 12.7. The normalized spacial score (nSPS) is 13.7. The molecule has 4 heteroatoms. The summed E-state index contributed by atoms with van der Waals surface area (Å²) in [6, 6.07) is 17.6. The molecule has 23 heavy (non-hydrogen) atoms. The molecule has 114 valence electrons. The van der Waals surface area contributed by atoms with Crippen LogP contribution in [-0.4, -0.2) is 22.2 Å². The molecule has 2 heterocycles. The molecule has 4 rings (SSSR count). The van der Waals surface area contributed by atoms with Gasteiger partial charge in [-0.05, 0) is 54.8 Å². The molecule has 1 aliphatic heterocycles. The second kappa shape index (κ2) is 5.72. The van der Waals surface area contributed by atoms with Crippen LogP contribution in [0.4, 0.5) is 5.69 Å². The monoisotopic (exact) mass is 303 g/mol. The number of aromatic nitrogens is 2. The van der Waals surface area contributed by atoms with Crippen molar-refractivity contribution in [2.45, 2.75) is 12.8 Å². The summed E-state index contributed by atoms with van der Waals surface area (Å²) in [7, 11) is 0. The number of anilines is 1. The van der Waals surface area contributed by atoms with Crippen molar-refractivity contribution in [3.8, 4) is 5.69 Å². The van der Waals surface area contributed by atoms with E-state index in [1.54, 1.807) is 10.9 Å². The number of amides is 1. The van der Waals surface area contributed by atoms with Crippen molar-refractivity contribution in [2.75, 3.05) is 11.4 Å². The second-order valence-electron chi connectivity index (χ2n) is 5.69. The largest absolute Gasteiger partial charge is 0.308 e. The van der Waals surface area contributed by atoms with Crippen molar-refractivity contribution in [3.05, 3.63) is 78.1 Å². The first-order chi connectivity index (χ1) is 11.3. The van der Waals surface area contributed by atoms with Gasteiger partial charge in [0, 0.05) is 30.2 Å². The Labute approximate surface area is 135 Å². The van der Waals surface area contributed by atoms with Gasteiger partial charge in [0.05, 0.1) is 5.69 Å². The van der Waals surface area contributed by atoms with Gasteiger partial charge < -0.3 is 4.90 Å². The summed E-state index contributed by atoms with van der Waals surface area (Å²) in [5.41, 5.74) is 3.95. The van der Waals surface area contributed by atoms with Gasteiger partial charge in [0.15, 0.2) is 0 Å². The van der Waals surface area contributed by atoms with Crippen molar-refractivity contribution in [2.24, 2.45) is 0 Å². The Morgan fingerprint density at radius 2 is 1.83 bits per heavy atom. The molecule has 0 radical (unpaired) electrons. The number of hydrogen-bond donors (Lipinski definition) is 0. The zero-order chi connectivity index (χ0) is 15.6. The van der Waals surface area contributed by atoms with Gasteiger partial charge in [0.1, 0.15) is 0 Å². The summed E-state index contributed by atoms with van der Waals surface area (Å²) in [6.07, 6.45) is 5.67. The highest BCUT2D eigenvalue weighted by atomic mass is 16.2. The lowest BCUT2D eigenvalue weighted by molar-refractivity contribution is 0.0985. The number of benzene rings is 2. The molecule has 0 unspecified atom stereocenters. The number of carbonyl (C=O) groups is 1. The van der Waals surface area contributed by atoms with E-state index in [0.29, 0.717) is 5.56 Å². The minimum absolute atomic E-state index is 0.0594. The molecule has 0 aliphatic carbocycles. The van der Waals surface area contributed by atoms with Crippen molar-refractivity contribution in [1.82, 2.24) is 9.78 Å². The third kappa shape index (κ3) is 2.52. The third-order valence-corrected chi connectivity index (χ3v) is 4.24. The van der Waals surface area contributed by atoms with Crippen LogP contribution < -0.4 is 4.90 Å². The van der Waals surface area contributed by atoms with Gasteiger partial charge in [0.25, 0.3) is 5.91 Å². The van der Waals surface area contributed by atoms with Crippen molar-refractivity contribution in [3.63, 3.8) is 0 Å². The SMILES string of the molecule is O=C(c1ccc(-n2cccn2)cc1)N1CCCc2ccccc21. The molecule has 0 spiro atoms. The highest BCUT2D eigenvalue weighted by molar-refractivity contribution is 6.06. The molecule has 4 nitrogen and oxygen atoms in total. The molecule has 1 amide bonds. The van der Waals surface area contributed by atoms with Gasteiger partial charge >= 0.3 is 0 Å². The van der Waals surface area contributed by atoms with Gasteiger partial charge in [-0.2, -0.15) is 5.10 Å². The van der Waals surface area contributed by atoms with Crippen LogP contribution >= 0.6 is 0 Å². The molecule has 0 bridgehead atoms. The van der Waals surface area contributed by atoms with Crippen molar-refractivity contribution < 1.29 is 4.79 Å². The minimum atomic E-state index is 0.0594. The van der Waals surface area contributed by atoms with Gasteiger partial charge in [-0.25, -0.2) is 4.68 Å². The first-order valence-electron chi connectivity index (χ1n) is 7.83.